The lowest BCUT2D eigenvalue weighted by molar-refractivity contribution is -0.134. The van der Waals surface area contributed by atoms with Crippen molar-refractivity contribution < 1.29 is 14.4 Å². The first-order chi connectivity index (χ1) is 14.1. The molecule has 2 aliphatic rings. The number of imide groups is 1. The number of aromatic amines is 1. The fraction of sp³-hybridized carbons (Fsp3) is 0.261. The molecule has 0 bridgehead atoms. The fourth-order valence-electron chi connectivity index (χ4n) is 4.51. The van der Waals surface area contributed by atoms with Crippen molar-refractivity contribution in [1.29, 1.82) is 0 Å². The standard InChI is InChI=1S/C23H21N3O3/c1-14(26-22(28)17-7-2-3-8-18(17)23(26)29)21(27)25-12-10-16-15-6-4-5-9-19(15)24-20(16)11-13-25/h2-9,14,24H,10-13H2,1H3. The van der Waals surface area contributed by atoms with Gasteiger partial charge in [0.15, 0.2) is 0 Å². The van der Waals surface area contributed by atoms with Gasteiger partial charge in [0.1, 0.15) is 6.04 Å². The van der Waals surface area contributed by atoms with Gasteiger partial charge >= 0.3 is 0 Å². The van der Waals surface area contributed by atoms with Crippen LogP contribution in [0.25, 0.3) is 10.9 Å². The van der Waals surface area contributed by atoms with Crippen molar-refractivity contribution in [2.75, 3.05) is 13.1 Å². The largest absolute Gasteiger partial charge is 0.358 e. The van der Waals surface area contributed by atoms with Gasteiger partial charge < -0.3 is 9.88 Å². The Morgan fingerprint density at radius 3 is 2.28 bits per heavy atom. The molecule has 1 aromatic heterocycles. The zero-order chi connectivity index (χ0) is 20.1. The molecule has 2 aromatic carbocycles. The maximum atomic E-state index is 13.2. The molecule has 0 aliphatic carbocycles. The van der Waals surface area contributed by atoms with Crippen molar-refractivity contribution in [2.24, 2.45) is 0 Å². The van der Waals surface area contributed by atoms with Crippen molar-refractivity contribution in [3.8, 4) is 0 Å². The number of nitrogens with zero attached hydrogens (tertiary/aromatic N) is 2. The van der Waals surface area contributed by atoms with E-state index in [-0.39, 0.29) is 5.91 Å². The van der Waals surface area contributed by atoms with Crippen LogP contribution in [0.3, 0.4) is 0 Å². The molecule has 0 radical (unpaired) electrons. The van der Waals surface area contributed by atoms with Crippen molar-refractivity contribution in [2.45, 2.75) is 25.8 Å². The Hall–Kier alpha value is -3.41. The van der Waals surface area contributed by atoms with E-state index >= 15 is 0 Å². The Bertz CT molecular complexity index is 1130. The van der Waals surface area contributed by atoms with Gasteiger partial charge in [-0.1, -0.05) is 30.3 Å². The summed E-state index contributed by atoms with van der Waals surface area (Å²) in [5.74, 6) is -0.969. The molecule has 0 saturated carbocycles. The molecule has 3 amide bonds. The number of amides is 3. The van der Waals surface area contributed by atoms with Crippen LogP contribution in [0.5, 0.6) is 0 Å². The molecule has 6 heteroatoms. The van der Waals surface area contributed by atoms with Crippen LogP contribution in [0.4, 0.5) is 0 Å². The summed E-state index contributed by atoms with van der Waals surface area (Å²) in [5, 5.41) is 1.20. The number of rotatable bonds is 2. The highest BCUT2D eigenvalue weighted by Gasteiger charge is 2.41. The van der Waals surface area contributed by atoms with Crippen molar-refractivity contribution in [3.63, 3.8) is 0 Å². The molecule has 1 N–H and O–H groups in total. The summed E-state index contributed by atoms with van der Waals surface area (Å²) in [4.78, 5) is 45.0. The van der Waals surface area contributed by atoms with Crippen LogP contribution in [0.1, 0.15) is 38.9 Å². The van der Waals surface area contributed by atoms with Gasteiger partial charge in [0.2, 0.25) is 5.91 Å². The van der Waals surface area contributed by atoms with E-state index in [9.17, 15) is 14.4 Å². The monoisotopic (exact) mass is 387 g/mol. The van der Waals surface area contributed by atoms with E-state index in [2.05, 4.69) is 17.1 Å². The van der Waals surface area contributed by atoms with Gasteiger partial charge in [0.05, 0.1) is 11.1 Å². The Balaban J connectivity index is 1.36. The van der Waals surface area contributed by atoms with Crippen molar-refractivity contribution in [1.82, 2.24) is 14.8 Å². The zero-order valence-corrected chi connectivity index (χ0v) is 16.1. The average Bonchev–Trinajstić information content (AvgIpc) is 3.12. The Morgan fingerprint density at radius 1 is 0.931 bits per heavy atom. The lowest BCUT2D eigenvalue weighted by Crippen LogP contribution is -2.50. The summed E-state index contributed by atoms with van der Waals surface area (Å²) >= 11 is 0. The number of carbonyl (C=O) groups excluding carboxylic acids is 3. The zero-order valence-electron chi connectivity index (χ0n) is 16.1. The van der Waals surface area contributed by atoms with E-state index < -0.39 is 17.9 Å². The van der Waals surface area contributed by atoms with Crippen LogP contribution in [-0.4, -0.2) is 51.6 Å². The number of H-pyrrole nitrogens is 1. The minimum absolute atomic E-state index is 0.186. The number of benzene rings is 2. The van der Waals surface area contributed by atoms with E-state index in [4.69, 9.17) is 0 Å². The SMILES string of the molecule is CC(C(=O)N1CCc2[nH]c3ccccc3c2CC1)N1C(=O)c2ccccc2C1=O. The van der Waals surface area contributed by atoms with Crippen molar-refractivity contribution in [3.05, 3.63) is 70.9 Å². The highest BCUT2D eigenvalue weighted by atomic mass is 16.2. The smallest absolute Gasteiger partial charge is 0.262 e. The molecule has 0 spiro atoms. The lowest BCUT2D eigenvalue weighted by Gasteiger charge is -2.28. The van der Waals surface area contributed by atoms with E-state index in [1.807, 2.05) is 12.1 Å². The highest BCUT2D eigenvalue weighted by Crippen LogP contribution is 2.28. The van der Waals surface area contributed by atoms with Crippen LogP contribution < -0.4 is 0 Å². The normalized spacial score (nSPS) is 17.3. The molecular weight excluding hydrogens is 366 g/mol. The van der Waals surface area contributed by atoms with Gasteiger partial charge in [-0.2, -0.15) is 0 Å². The van der Waals surface area contributed by atoms with Crippen LogP contribution >= 0.6 is 0 Å². The van der Waals surface area contributed by atoms with Crippen LogP contribution in [0, 0.1) is 0 Å². The first-order valence-corrected chi connectivity index (χ1v) is 9.90. The molecule has 0 saturated heterocycles. The number of hydrogen-bond donors (Lipinski definition) is 1. The molecule has 0 fully saturated rings. The third-order valence-corrected chi connectivity index (χ3v) is 6.05. The summed E-state index contributed by atoms with van der Waals surface area (Å²) in [6.45, 7) is 2.77. The number of aromatic nitrogens is 1. The second-order valence-electron chi connectivity index (χ2n) is 7.65. The van der Waals surface area contributed by atoms with Crippen LogP contribution in [0.15, 0.2) is 48.5 Å². The van der Waals surface area contributed by atoms with E-state index in [0.29, 0.717) is 24.2 Å². The fourth-order valence-corrected chi connectivity index (χ4v) is 4.51. The third-order valence-electron chi connectivity index (χ3n) is 6.05. The van der Waals surface area contributed by atoms with Gasteiger partial charge in [-0.3, -0.25) is 19.3 Å². The Labute approximate surface area is 168 Å². The molecule has 6 nitrogen and oxygen atoms in total. The summed E-state index contributed by atoms with van der Waals surface area (Å²) in [5.41, 5.74) is 4.28. The highest BCUT2D eigenvalue weighted by molar-refractivity contribution is 6.22. The minimum Gasteiger partial charge on any atom is -0.358 e. The van der Waals surface area contributed by atoms with Gasteiger partial charge in [-0.25, -0.2) is 0 Å². The van der Waals surface area contributed by atoms with Crippen molar-refractivity contribution >= 4 is 28.6 Å². The molecule has 1 atom stereocenters. The van der Waals surface area contributed by atoms with Gasteiger partial charge in [-0.05, 0) is 37.1 Å². The number of para-hydroxylation sites is 1. The lowest BCUT2D eigenvalue weighted by atomic mass is 10.1. The third kappa shape index (κ3) is 2.67. The Morgan fingerprint density at radius 2 is 1.55 bits per heavy atom. The number of fused-ring (bicyclic) bond motifs is 4. The summed E-state index contributed by atoms with van der Waals surface area (Å²) in [7, 11) is 0. The second kappa shape index (κ2) is 6.58. The van der Waals surface area contributed by atoms with E-state index in [1.165, 1.54) is 10.9 Å². The second-order valence-corrected chi connectivity index (χ2v) is 7.65. The van der Waals surface area contributed by atoms with Gasteiger partial charge in [0, 0.05) is 36.1 Å². The predicted molar refractivity (Wildman–Crippen MR) is 109 cm³/mol. The molecule has 5 rings (SSSR count). The van der Waals surface area contributed by atoms with Gasteiger partial charge in [-0.15, -0.1) is 0 Å². The van der Waals surface area contributed by atoms with E-state index in [0.717, 1.165) is 29.0 Å². The van der Waals surface area contributed by atoms with Crippen LogP contribution in [-0.2, 0) is 17.6 Å². The molecule has 3 heterocycles. The summed E-state index contributed by atoms with van der Waals surface area (Å²) < 4.78 is 0. The maximum Gasteiger partial charge on any atom is 0.262 e. The first-order valence-electron chi connectivity index (χ1n) is 9.90. The maximum absolute atomic E-state index is 13.2. The number of carbonyl (C=O) groups is 3. The Kier molecular flexibility index (Phi) is 4.01. The first kappa shape index (κ1) is 17.7. The number of nitrogens with one attached hydrogen (secondary N) is 1. The summed E-state index contributed by atoms with van der Waals surface area (Å²) in [6, 6.07) is 14.1. The summed E-state index contributed by atoms with van der Waals surface area (Å²) in [6.07, 6.45) is 1.48. The molecule has 3 aromatic rings. The molecule has 146 valence electrons. The molecular formula is C23H21N3O3. The molecule has 29 heavy (non-hydrogen) atoms. The molecule has 1 unspecified atom stereocenters. The average molecular weight is 387 g/mol. The molecule has 2 aliphatic heterocycles. The minimum atomic E-state index is -0.824. The topological polar surface area (TPSA) is 73.5 Å². The number of hydrogen-bond acceptors (Lipinski definition) is 3. The predicted octanol–water partition coefficient (Wildman–Crippen LogP) is 2.78. The van der Waals surface area contributed by atoms with Crippen LogP contribution in [0.2, 0.25) is 0 Å². The van der Waals surface area contributed by atoms with Gasteiger partial charge in [0.25, 0.3) is 11.8 Å². The van der Waals surface area contributed by atoms with E-state index in [1.54, 1.807) is 36.1 Å². The quantitative estimate of drug-likeness (QED) is 0.687.